The zero-order valence-electron chi connectivity index (χ0n) is 11.5. The second-order valence-electron chi connectivity index (χ2n) is 5.13. The molecule has 1 aromatic heterocycles. The largest absolute Gasteiger partial charge is 0.439 e. The maximum absolute atomic E-state index is 13.7. The molecule has 0 aliphatic heterocycles. The molecule has 0 fully saturated rings. The number of oxazole rings is 1. The molecule has 3 nitrogen and oxygen atoms in total. The zero-order chi connectivity index (χ0) is 13.8. The van der Waals surface area contributed by atoms with E-state index in [1.165, 1.54) is 6.07 Å². The van der Waals surface area contributed by atoms with Gasteiger partial charge in [0.25, 0.3) is 0 Å². The molecule has 19 heavy (non-hydrogen) atoms. The van der Waals surface area contributed by atoms with Crippen molar-refractivity contribution in [2.75, 3.05) is 6.54 Å². The highest BCUT2D eigenvalue weighted by atomic mass is 19.1. The van der Waals surface area contributed by atoms with Gasteiger partial charge in [0.2, 0.25) is 5.89 Å². The van der Waals surface area contributed by atoms with E-state index in [4.69, 9.17) is 4.42 Å². The first-order chi connectivity index (χ1) is 9.06. The minimum Gasteiger partial charge on any atom is -0.439 e. The fourth-order valence-electron chi connectivity index (χ4n) is 1.81. The second-order valence-corrected chi connectivity index (χ2v) is 5.13. The quantitative estimate of drug-likeness (QED) is 0.895. The van der Waals surface area contributed by atoms with Crippen molar-refractivity contribution in [1.29, 1.82) is 0 Å². The summed E-state index contributed by atoms with van der Waals surface area (Å²) in [6, 6.07) is 4.95. The van der Waals surface area contributed by atoms with E-state index in [-0.39, 0.29) is 5.82 Å². The van der Waals surface area contributed by atoms with Crippen molar-refractivity contribution in [1.82, 2.24) is 10.3 Å². The van der Waals surface area contributed by atoms with Crippen LogP contribution in [0.25, 0.3) is 11.3 Å². The fourth-order valence-corrected chi connectivity index (χ4v) is 1.81. The molecule has 1 heterocycles. The van der Waals surface area contributed by atoms with Crippen LogP contribution in [0.2, 0.25) is 0 Å². The molecule has 2 rings (SSSR count). The third kappa shape index (κ3) is 3.64. The average Bonchev–Trinajstić information content (AvgIpc) is 2.80. The lowest BCUT2D eigenvalue weighted by atomic mass is 10.1. The fraction of sp³-hybridized carbons (Fsp3) is 0.400. The molecule has 0 saturated carbocycles. The van der Waals surface area contributed by atoms with Gasteiger partial charge in [0.15, 0.2) is 5.76 Å². The maximum atomic E-state index is 13.7. The van der Waals surface area contributed by atoms with Crippen molar-refractivity contribution >= 4 is 0 Å². The predicted octanol–water partition coefficient (Wildman–Crippen LogP) is 3.53. The van der Waals surface area contributed by atoms with Crippen LogP contribution in [0.1, 0.15) is 25.3 Å². The highest BCUT2D eigenvalue weighted by molar-refractivity contribution is 5.58. The van der Waals surface area contributed by atoms with Crippen LogP contribution in [0.15, 0.2) is 28.8 Å². The number of aryl methyl sites for hydroxylation is 1. The molecule has 0 aliphatic carbocycles. The predicted molar refractivity (Wildman–Crippen MR) is 73.2 cm³/mol. The number of hydrogen-bond donors (Lipinski definition) is 1. The molecule has 0 bridgehead atoms. The minimum atomic E-state index is -0.288. The van der Waals surface area contributed by atoms with Gasteiger partial charge in [-0.3, -0.25) is 0 Å². The van der Waals surface area contributed by atoms with Crippen molar-refractivity contribution in [3.63, 3.8) is 0 Å². The van der Waals surface area contributed by atoms with Crippen molar-refractivity contribution < 1.29 is 8.81 Å². The van der Waals surface area contributed by atoms with Gasteiger partial charge < -0.3 is 9.73 Å². The summed E-state index contributed by atoms with van der Waals surface area (Å²) in [4.78, 5) is 4.16. The lowest BCUT2D eigenvalue weighted by molar-refractivity contribution is 0.457. The van der Waals surface area contributed by atoms with Gasteiger partial charge in [-0.25, -0.2) is 9.37 Å². The van der Waals surface area contributed by atoms with Gasteiger partial charge in [-0.1, -0.05) is 25.5 Å². The van der Waals surface area contributed by atoms with Crippen molar-refractivity contribution in [3.8, 4) is 11.3 Å². The number of halogens is 1. The Kier molecular flexibility index (Phi) is 4.32. The number of aromatic nitrogens is 1. The van der Waals surface area contributed by atoms with Crippen molar-refractivity contribution in [3.05, 3.63) is 41.7 Å². The molecule has 0 atom stereocenters. The Balaban J connectivity index is 2.10. The summed E-state index contributed by atoms with van der Waals surface area (Å²) in [6.45, 7) is 7.65. The molecular formula is C15H19FN2O. The van der Waals surface area contributed by atoms with Gasteiger partial charge in [0.05, 0.1) is 18.3 Å². The standard InChI is InChI=1S/C15H19FN2O/c1-10(2)7-17-9-15-18-8-14(19-15)12-6-11(3)4-5-13(12)16/h4-6,8,10,17H,7,9H2,1-3H3. The first-order valence-electron chi connectivity index (χ1n) is 6.48. The average molecular weight is 262 g/mol. The molecule has 0 radical (unpaired) electrons. The minimum absolute atomic E-state index is 0.288. The third-order valence-corrected chi connectivity index (χ3v) is 2.77. The van der Waals surface area contributed by atoms with E-state index in [9.17, 15) is 4.39 Å². The third-order valence-electron chi connectivity index (χ3n) is 2.77. The van der Waals surface area contributed by atoms with E-state index in [1.54, 1.807) is 18.3 Å². The molecule has 2 aromatic rings. The van der Waals surface area contributed by atoms with Crippen LogP contribution in [0.5, 0.6) is 0 Å². The Hall–Kier alpha value is -1.68. The van der Waals surface area contributed by atoms with Crippen molar-refractivity contribution in [2.45, 2.75) is 27.3 Å². The van der Waals surface area contributed by atoms with Gasteiger partial charge >= 0.3 is 0 Å². The summed E-state index contributed by atoms with van der Waals surface area (Å²) in [6.07, 6.45) is 1.57. The van der Waals surface area contributed by atoms with Crippen LogP contribution >= 0.6 is 0 Å². The monoisotopic (exact) mass is 262 g/mol. The smallest absolute Gasteiger partial charge is 0.208 e. The van der Waals surface area contributed by atoms with Crippen LogP contribution in [0.3, 0.4) is 0 Å². The number of hydrogen-bond acceptors (Lipinski definition) is 3. The highest BCUT2D eigenvalue weighted by Gasteiger charge is 2.11. The van der Waals surface area contributed by atoms with E-state index < -0.39 is 0 Å². The number of benzene rings is 1. The molecule has 102 valence electrons. The molecule has 0 amide bonds. The lowest BCUT2D eigenvalue weighted by Crippen LogP contribution is -2.18. The summed E-state index contributed by atoms with van der Waals surface area (Å²) in [7, 11) is 0. The van der Waals surface area contributed by atoms with Crippen LogP contribution in [-0.4, -0.2) is 11.5 Å². The second kappa shape index (κ2) is 5.97. The van der Waals surface area contributed by atoms with Gasteiger partial charge in [0, 0.05) is 0 Å². The molecule has 0 aliphatic rings. The van der Waals surface area contributed by atoms with E-state index in [1.807, 2.05) is 6.92 Å². The Morgan fingerprint density at radius 3 is 2.89 bits per heavy atom. The van der Waals surface area contributed by atoms with Crippen molar-refractivity contribution in [2.24, 2.45) is 5.92 Å². The summed E-state index contributed by atoms with van der Waals surface area (Å²) in [5.41, 5.74) is 1.45. The normalized spacial score (nSPS) is 11.2. The van der Waals surface area contributed by atoms with Gasteiger partial charge in [-0.2, -0.15) is 0 Å². The molecule has 0 unspecified atom stereocenters. The van der Waals surface area contributed by atoms with E-state index in [2.05, 4.69) is 24.1 Å². The molecule has 0 saturated heterocycles. The molecular weight excluding hydrogens is 243 g/mol. The van der Waals surface area contributed by atoms with Gasteiger partial charge in [-0.15, -0.1) is 0 Å². The van der Waals surface area contributed by atoms with E-state index in [0.717, 1.165) is 12.1 Å². The van der Waals surface area contributed by atoms with E-state index >= 15 is 0 Å². The highest BCUT2D eigenvalue weighted by Crippen LogP contribution is 2.24. The summed E-state index contributed by atoms with van der Waals surface area (Å²) in [5.74, 6) is 1.34. The van der Waals surface area contributed by atoms with Gasteiger partial charge in [-0.05, 0) is 31.5 Å². The first-order valence-corrected chi connectivity index (χ1v) is 6.48. The zero-order valence-corrected chi connectivity index (χ0v) is 11.5. The van der Waals surface area contributed by atoms with Crippen LogP contribution in [0, 0.1) is 18.7 Å². The van der Waals surface area contributed by atoms with E-state index in [0.29, 0.717) is 29.7 Å². The van der Waals surface area contributed by atoms with Gasteiger partial charge in [0.1, 0.15) is 5.82 Å². The maximum Gasteiger partial charge on any atom is 0.208 e. The Bertz CT molecular complexity index is 549. The summed E-state index contributed by atoms with van der Waals surface area (Å²) >= 11 is 0. The summed E-state index contributed by atoms with van der Waals surface area (Å²) < 4.78 is 19.3. The lowest BCUT2D eigenvalue weighted by Gasteiger charge is -2.04. The topological polar surface area (TPSA) is 38.1 Å². The summed E-state index contributed by atoms with van der Waals surface area (Å²) in [5, 5.41) is 3.24. The molecule has 1 N–H and O–H groups in total. The number of nitrogens with one attached hydrogen (secondary N) is 1. The molecule has 0 spiro atoms. The first kappa shape index (κ1) is 13.7. The Morgan fingerprint density at radius 1 is 1.37 bits per heavy atom. The number of nitrogens with zero attached hydrogens (tertiary/aromatic N) is 1. The number of rotatable bonds is 5. The molecule has 4 heteroatoms. The Morgan fingerprint density at radius 2 is 2.16 bits per heavy atom. The van der Waals surface area contributed by atoms with Crippen LogP contribution in [0.4, 0.5) is 4.39 Å². The Labute approximate surface area is 112 Å². The van der Waals surface area contributed by atoms with Crippen LogP contribution < -0.4 is 5.32 Å². The SMILES string of the molecule is Cc1ccc(F)c(-c2cnc(CNCC(C)C)o2)c1. The van der Waals surface area contributed by atoms with Crippen LogP contribution in [-0.2, 0) is 6.54 Å². The molecule has 1 aromatic carbocycles.